The zero-order valence-corrected chi connectivity index (χ0v) is 12.8. The van der Waals surface area contributed by atoms with Crippen LogP contribution in [0, 0.1) is 10.1 Å². The number of methoxy groups -OCH3 is 2. The third-order valence-corrected chi connectivity index (χ3v) is 2.73. The Morgan fingerprint density at radius 2 is 1.82 bits per heavy atom. The molecule has 0 aliphatic heterocycles. The number of hydrogen-bond donors (Lipinski definition) is 0. The number of nitro benzene ring substituents is 1. The van der Waals surface area contributed by atoms with Crippen molar-refractivity contribution < 1.29 is 28.7 Å². The third-order valence-electron chi connectivity index (χ3n) is 2.73. The van der Waals surface area contributed by atoms with Gasteiger partial charge in [0.1, 0.15) is 0 Å². The Bertz CT molecular complexity index is 505. The van der Waals surface area contributed by atoms with Gasteiger partial charge in [-0.1, -0.05) is 0 Å². The Balaban J connectivity index is 2.76. The van der Waals surface area contributed by atoms with Crippen LogP contribution in [0.4, 0.5) is 5.69 Å². The molecule has 0 saturated carbocycles. The molecule has 8 nitrogen and oxygen atoms in total. The summed E-state index contributed by atoms with van der Waals surface area (Å²) in [5.74, 6) is 0.359. The van der Waals surface area contributed by atoms with E-state index in [-0.39, 0.29) is 41.9 Å². The standard InChI is InChI=1S/C14H19NO7/c1-4-21-13(16)6-5-7-22-14-11(19-2)8-10(15(17)18)9-12(14)20-3/h8-9H,4-7H2,1-3H3. The van der Waals surface area contributed by atoms with Gasteiger partial charge in [-0.2, -0.15) is 0 Å². The van der Waals surface area contributed by atoms with Crippen molar-refractivity contribution in [2.75, 3.05) is 27.4 Å². The molecule has 122 valence electrons. The summed E-state index contributed by atoms with van der Waals surface area (Å²) in [6.07, 6.45) is 0.674. The zero-order chi connectivity index (χ0) is 16.5. The maximum atomic E-state index is 11.2. The second-order valence-electron chi connectivity index (χ2n) is 4.19. The molecule has 22 heavy (non-hydrogen) atoms. The highest BCUT2D eigenvalue weighted by molar-refractivity contribution is 5.69. The summed E-state index contributed by atoms with van der Waals surface area (Å²) in [6, 6.07) is 2.51. The molecule has 0 aromatic heterocycles. The fourth-order valence-corrected chi connectivity index (χ4v) is 1.74. The van der Waals surface area contributed by atoms with Crippen molar-refractivity contribution in [1.29, 1.82) is 0 Å². The van der Waals surface area contributed by atoms with Gasteiger partial charge in [-0.25, -0.2) is 0 Å². The molecule has 0 radical (unpaired) electrons. The number of ether oxygens (including phenoxy) is 4. The van der Waals surface area contributed by atoms with Crippen molar-refractivity contribution >= 4 is 11.7 Å². The van der Waals surface area contributed by atoms with E-state index in [9.17, 15) is 14.9 Å². The number of nitrogens with zero attached hydrogens (tertiary/aromatic N) is 1. The normalized spacial score (nSPS) is 9.95. The molecule has 0 bridgehead atoms. The Morgan fingerprint density at radius 1 is 1.23 bits per heavy atom. The van der Waals surface area contributed by atoms with Gasteiger partial charge in [-0.15, -0.1) is 0 Å². The average Bonchev–Trinajstić information content (AvgIpc) is 2.51. The fourth-order valence-electron chi connectivity index (χ4n) is 1.74. The number of carbonyl (C=O) groups excluding carboxylic acids is 1. The van der Waals surface area contributed by atoms with E-state index >= 15 is 0 Å². The predicted molar refractivity (Wildman–Crippen MR) is 77.6 cm³/mol. The van der Waals surface area contributed by atoms with Gasteiger partial charge in [-0.05, 0) is 13.3 Å². The number of rotatable bonds is 9. The fraction of sp³-hybridized carbons (Fsp3) is 0.500. The third kappa shape index (κ3) is 4.80. The Morgan fingerprint density at radius 3 is 2.27 bits per heavy atom. The molecule has 0 aliphatic rings. The highest BCUT2D eigenvalue weighted by atomic mass is 16.6. The van der Waals surface area contributed by atoms with Gasteiger partial charge in [-0.3, -0.25) is 14.9 Å². The van der Waals surface area contributed by atoms with Crippen molar-refractivity contribution in [3.8, 4) is 17.2 Å². The molecule has 0 aliphatic carbocycles. The van der Waals surface area contributed by atoms with Gasteiger partial charge in [0.25, 0.3) is 5.69 Å². The summed E-state index contributed by atoms with van der Waals surface area (Å²) in [5.41, 5.74) is -0.160. The molecule has 0 fully saturated rings. The molecule has 0 spiro atoms. The van der Waals surface area contributed by atoms with Crippen LogP contribution in [-0.4, -0.2) is 38.3 Å². The van der Waals surface area contributed by atoms with E-state index in [1.165, 1.54) is 26.4 Å². The lowest BCUT2D eigenvalue weighted by molar-refractivity contribution is -0.385. The van der Waals surface area contributed by atoms with Gasteiger partial charge >= 0.3 is 5.97 Å². The van der Waals surface area contributed by atoms with Crippen LogP contribution >= 0.6 is 0 Å². The highest BCUT2D eigenvalue weighted by Crippen LogP contribution is 2.40. The second kappa shape index (κ2) is 8.71. The van der Waals surface area contributed by atoms with E-state index in [1.54, 1.807) is 6.92 Å². The number of carbonyl (C=O) groups is 1. The summed E-state index contributed by atoms with van der Waals surface area (Å²) >= 11 is 0. The first-order valence-electron chi connectivity index (χ1n) is 6.72. The molecular weight excluding hydrogens is 294 g/mol. The first kappa shape index (κ1) is 17.5. The predicted octanol–water partition coefficient (Wildman–Crippen LogP) is 2.33. The van der Waals surface area contributed by atoms with E-state index in [0.717, 1.165) is 0 Å². The molecule has 0 unspecified atom stereocenters. The van der Waals surface area contributed by atoms with E-state index in [2.05, 4.69) is 0 Å². The number of esters is 1. The van der Waals surface area contributed by atoms with Crippen LogP contribution in [0.25, 0.3) is 0 Å². The summed E-state index contributed by atoms with van der Waals surface area (Å²) in [7, 11) is 2.76. The maximum Gasteiger partial charge on any atom is 0.305 e. The van der Waals surface area contributed by atoms with Crippen LogP contribution in [0.15, 0.2) is 12.1 Å². The largest absolute Gasteiger partial charge is 0.492 e. The van der Waals surface area contributed by atoms with Gasteiger partial charge in [0.2, 0.25) is 5.75 Å². The lowest BCUT2D eigenvalue weighted by atomic mass is 10.2. The molecular formula is C14H19NO7. The van der Waals surface area contributed by atoms with E-state index in [4.69, 9.17) is 18.9 Å². The summed E-state index contributed by atoms with van der Waals surface area (Å²) in [5, 5.41) is 10.8. The molecule has 8 heteroatoms. The molecule has 0 atom stereocenters. The number of benzene rings is 1. The van der Waals surface area contributed by atoms with Crippen molar-refractivity contribution in [1.82, 2.24) is 0 Å². The molecule has 0 heterocycles. The Labute approximate surface area is 128 Å². The number of nitro groups is 1. The summed E-state index contributed by atoms with van der Waals surface area (Å²) < 4.78 is 20.5. The minimum absolute atomic E-state index is 0.160. The Hall–Kier alpha value is -2.51. The second-order valence-corrected chi connectivity index (χ2v) is 4.19. The molecule has 1 rings (SSSR count). The minimum Gasteiger partial charge on any atom is -0.492 e. The number of hydrogen-bond acceptors (Lipinski definition) is 7. The molecule has 0 amide bonds. The average molecular weight is 313 g/mol. The smallest absolute Gasteiger partial charge is 0.305 e. The van der Waals surface area contributed by atoms with Crippen LogP contribution in [0.5, 0.6) is 17.2 Å². The number of non-ortho nitro benzene ring substituents is 1. The highest BCUT2D eigenvalue weighted by Gasteiger charge is 2.19. The van der Waals surface area contributed by atoms with Crippen molar-refractivity contribution in [2.45, 2.75) is 19.8 Å². The van der Waals surface area contributed by atoms with Gasteiger partial charge < -0.3 is 18.9 Å². The summed E-state index contributed by atoms with van der Waals surface area (Å²) in [6.45, 7) is 2.30. The Kier molecular flexibility index (Phi) is 6.94. The first-order valence-corrected chi connectivity index (χ1v) is 6.72. The van der Waals surface area contributed by atoms with Gasteiger partial charge in [0.05, 0.1) is 44.5 Å². The van der Waals surface area contributed by atoms with Crippen molar-refractivity contribution in [3.63, 3.8) is 0 Å². The maximum absolute atomic E-state index is 11.2. The lowest BCUT2D eigenvalue weighted by Crippen LogP contribution is -2.07. The quantitative estimate of drug-likeness (QED) is 0.299. The van der Waals surface area contributed by atoms with E-state index < -0.39 is 4.92 Å². The monoisotopic (exact) mass is 313 g/mol. The molecule has 0 N–H and O–H groups in total. The minimum atomic E-state index is -0.546. The van der Waals surface area contributed by atoms with Crippen LogP contribution in [-0.2, 0) is 9.53 Å². The van der Waals surface area contributed by atoms with Gasteiger partial charge in [0, 0.05) is 6.42 Å². The van der Waals surface area contributed by atoms with Crippen molar-refractivity contribution in [2.24, 2.45) is 0 Å². The van der Waals surface area contributed by atoms with Crippen LogP contribution < -0.4 is 14.2 Å². The van der Waals surface area contributed by atoms with Gasteiger partial charge in [0.15, 0.2) is 11.5 Å². The molecule has 0 saturated heterocycles. The van der Waals surface area contributed by atoms with Crippen LogP contribution in [0.2, 0.25) is 0 Å². The van der Waals surface area contributed by atoms with E-state index in [1.807, 2.05) is 0 Å². The van der Waals surface area contributed by atoms with Crippen LogP contribution in [0.1, 0.15) is 19.8 Å². The topological polar surface area (TPSA) is 97.1 Å². The summed E-state index contributed by atoms with van der Waals surface area (Å²) in [4.78, 5) is 21.5. The van der Waals surface area contributed by atoms with Crippen molar-refractivity contribution in [3.05, 3.63) is 22.2 Å². The molecule has 1 aromatic carbocycles. The van der Waals surface area contributed by atoms with Crippen LogP contribution in [0.3, 0.4) is 0 Å². The first-order chi connectivity index (χ1) is 10.5. The zero-order valence-electron chi connectivity index (χ0n) is 12.8. The SMILES string of the molecule is CCOC(=O)CCCOc1c(OC)cc([N+](=O)[O-])cc1OC. The lowest BCUT2D eigenvalue weighted by Gasteiger charge is -2.14. The molecule has 1 aromatic rings. The van der Waals surface area contributed by atoms with E-state index in [0.29, 0.717) is 13.0 Å².